The molecule has 0 atom stereocenters. The van der Waals surface area contributed by atoms with Crippen molar-refractivity contribution in [1.82, 2.24) is 15.2 Å². The minimum atomic E-state index is 0.548. The number of likely N-dealkylation sites (tertiary alicyclic amines) is 1. The molecular weight excluding hydrogens is 240 g/mol. The molecule has 0 aromatic carbocycles. The molecule has 0 unspecified atom stereocenters. The molecule has 1 aromatic rings. The quantitative estimate of drug-likeness (QED) is 0.794. The lowest BCUT2D eigenvalue weighted by molar-refractivity contribution is 0.249. The highest BCUT2D eigenvalue weighted by atomic mass is 16.4. The summed E-state index contributed by atoms with van der Waals surface area (Å²) in [6, 6.07) is 1.30. The van der Waals surface area contributed by atoms with E-state index in [1.165, 1.54) is 12.8 Å². The topological polar surface area (TPSA) is 44.5 Å². The van der Waals surface area contributed by atoms with Gasteiger partial charge in [-0.05, 0) is 45.9 Å². The van der Waals surface area contributed by atoms with Crippen LogP contribution in [0.15, 0.2) is 10.7 Å². The maximum absolute atomic E-state index is 5.60. The molecule has 0 amide bonds. The standard InChI is InChI=1S/C14H26N4O/c1-4-7-15-10-12-11-19-14(16-12)18(3)13-5-8-17(2)9-6-13/h11,13,15H,4-10H2,1-3H3. The van der Waals surface area contributed by atoms with Crippen molar-refractivity contribution in [3.63, 3.8) is 0 Å². The molecule has 19 heavy (non-hydrogen) atoms. The lowest BCUT2D eigenvalue weighted by Crippen LogP contribution is -2.42. The molecule has 0 bridgehead atoms. The second-order valence-corrected chi connectivity index (χ2v) is 5.44. The van der Waals surface area contributed by atoms with E-state index in [1.54, 1.807) is 6.26 Å². The number of anilines is 1. The van der Waals surface area contributed by atoms with Gasteiger partial charge in [-0.3, -0.25) is 0 Å². The first kappa shape index (κ1) is 14.3. The summed E-state index contributed by atoms with van der Waals surface area (Å²) in [4.78, 5) is 9.13. The minimum absolute atomic E-state index is 0.548. The van der Waals surface area contributed by atoms with E-state index in [0.29, 0.717) is 6.04 Å². The van der Waals surface area contributed by atoms with E-state index in [2.05, 4.69) is 41.1 Å². The lowest BCUT2D eigenvalue weighted by Gasteiger charge is -2.34. The summed E-state index contributed by atoms with van der Waals surface area (Å²) in [7, 11) is 4.27. The van der Waals surface area contributed by atoms with E-state index in [1.807, 2.05) is 0 Å². The fourth-order valence-corrected chi connectivity index (χ4v) is 2.47. The fraction of sp³-hybridized carbons (Fsp3) is 0.786. The summed E-state index contributed by atoms with van der Waals surface area (Å²) < 4.78 is 5.60. The molecule has 0 radical (unpaired) electrons. The van der Waals surface area contributed by atoms with Crippen LogP contribution in [0.25, 0.3) is 0 Å². The van der Waals surface area contributed by atoms with E-state index in [-0.39, 0.29) is 0 Å². The number of hydrogen-bond donors (Lipinski definition) is 1. The van der Waals surface area contributed by atoms with Crippen LogP contribution in [0, 0.1) is 0 Å². The van der Waals surface area contributed by atoms with Crippen molar-refractivity contribution in [3.8, 4) is 0 Å². The predicted octanol–water partition coefficient (Wildman–Crippen LogP) is 1.70. The van der Waals surface area contributed by atoms with Gasteiger partial charge < -0.3 is 19.5 Å². The summed E-state index contributed by atoms with van der Waals surface area (Å²) in [5, 5.41) is 3.34. The van der Waals surface area contributed by atoms with Crippen LogP contribution in [0.5, 0.6) is 0 Å². The Hall–Kier alpha value is -1.07. The van der Waals surface area contributed by atoms with Crippen LogP contribution in [-0.2, 0) is 6.54 Å². The molecule has 1 fully saturated rings. The molecule has 0 spiro atoms. The molecule has 5 heteroatoms. The van der Waals surface area contributed by atoms with Crippen molar-refractivity contribution in [2.24, 2.45) is 0 Å². The van der Waals surface area contributed by atoms with Crippen LogP contribution in [-0.4, -0.2) is 49.7 Å². The Kier molecular flexibility index (Phi) is 5.22. The number of nitrogens with one attached hydrogen (secondary N) is 1. The molecular formula is C14H26N4O. The lowest BCUT2D eigenvalue weighted by atomic mass is 10.0. The number of rotatable bonds is 6. The van der Waals surface area contributed by atoms with Gasteiger partial charge in [0.1, 0.15) is 6.26 Å². The Labute approximate surface area is 116 Å². The van der Waals surface area contributed by atoms with Crippen LogP contribution >= 0.6 is 0 Å². The third-order valence-electron chi connectivity index (χ3n) is 3.81. The molecule has 108 valence electrons. The predicted molar refractivity (Wildman–Crippen MR) is 77.4 cm³/mol. The van der Waals surface area contributed by atoms with Gasteiger partial charge in [-0.25, -0.2) is 0 Å². The molecule has 1 N–H and O–H groups in total. The third-order valence-corrected chi connectivity index (χ3v) is 3.81. The second-order valence-electron chi connectivity index (χ2n) is 5.44. The molecule has 0 saturated carbocycles. The zero-order valence-electron chi connectivity index (χ0n) is 12.4. The van der Waals surface area contributed by atoms with Gasteiger partial charge in [0.25, 0.3) is 6.01 Å². The minimum Gasteiger partial charge on any atom is -0.432 e. The highest BCUT2D eigenvalue weighted by Crippen LogP contribution is 2.21. The zero-order chi connectivity index (χ0) is 13.7. The summed E-state index contributed by atoms with van der Waals surface area (Å²) in [5.41, 5.74) is 0.989. The number of hydrogen-bond acceptors (Lipinski definition) is 5. The molecule has 1 aromatic heterocycles. The van der Waals surface area contributed by atoms with Crippen LogP contribution in [0.4, 0.5) is 6.01 Å². The number of piperidine rings is 1. The summed E-state index contributed by atoms with van der Waals surface area (Å²) in [5.74, 6) is 0. The Morgan fingerprint density at radius 1 is 1.47 bits per heavy atom. The van der Waals surface area contributed by atoms with Gasteiger partial charge in [-0.1, -0.05) is 6.92 Å². The van der Waals surface area contributed by atoms with Crippen LogP contribution in [0.3, 0.4) is 0 Å². The first-order valence-corrected chi connectivity index (χ1v) is 7.27. The van der Waals surface area contributed by atoms with Crippen molar-refractivity contribution in [2.75, 3.05) is 38.6 Å². The number of nitrogens with zero attached hydrogens (tertiary/aromatic N) is 3. The maximum Gasteiger partial charge on any atom is 0.297 e. The monoisotopic (exact) mass is 266 g/mol. The summed E-state index contributed by atoms with van der Waals surface area (Å²) in [6.45, 7) is 6.28. The van der Waals surface area contributed by atoms with Crippen molar-refractivity contribution in [1.29, 1.82) is 0 Å². The average Bonchev–Trinajstić information content (AvgIpc) is 2.88. The maximum atomic E-state index is 5.60. The molecule has 2 heterocycles. The summed E-state index contributed by atoms with van der Waals surface area (Å²) >= 11 is 0. The molecule has 1 saturated heterocycles. The molecule has 2 rings (SSSR count). The molecule has 0 aliphatic carbocycles. The van der Waals surface area contributed by atoms with E-state index < -0.39 is 0 Å². The van der Waals surface area contributed by atoms with Gasteiger partial charge in [-0.15, -0.1) is 0 Å². The van der Waals surface area contributed by atoms with Crippen LogP contribution < -0.4 is 10.2 Å². The van der Waals surface area contributed by atoms with Crippen molar-refractivity contribution >= 4 is 6.01 Å². The Bertz CT molecular complexity index is 371. The van der Waals surface area contributed by atoms with E-state index >= 15 is 0 Å². The Balaban J connectivity index is 1.86. The van der Waals surface area contributed by atoms with Gasteiger partial charge in [0.2, 0.25) is 0 Å². The van der Waals surface area contributed by atoms with Gasteiger partial charge in [0, 0.05) is 19.6 Å². The van der Waals surface area contributed by atoms with Crippen molar-refractivity contribution in [3.05, 3.63) is 12.0 Å². The molecule has 1 aliphatic heterocycles. The third kappa shape index (κ3) is 3.94. The molecule has 5 nitrogen and oxygen atoms in total. The van der Waals surface area contributed by atoms with E-state index in [9.17, 15) is 0 Å². The van der Waals surface area contributed by atoms with Gasteiger partial charge >= 0.3 is 0 Å². The highest BCUT2D eigenvalue weighted by molar-refractivity contribution is 5.27. The summed E-state index contributed by atoms with van der Waals surface area (Å²) in [6.07, 6.45) is 5.27. The normalized spacial score (nSPS) is 17.8. The van der Waals surface area contributed by atoms with Gasteiger partial charge in [-0.2, -0.15) is 4.98 Å². The van der Waals surface area contributed by atoms with Crippen LogP contribution in [0.2, 0.25) is 0 Å². The molecule has 1 aliphatic rings. The Morgan fingerprint density at radius 2 is 2.21 bits per heavy atom. The number of oxazole rings is 1. The van der Waals surface area contributed by atoms with Crippen LogP contribution in [0.1, 0.15) is 31.9 Å². The van der Waals surface area contributed by atoms with E-state index in [4.69, 9.17) is 4.42 Å². The van der Waals surface area contributed by atoms with Crippen molar-refractivity contribution in [2.45, 2.75) is 38.8 Å². The van der Waals surface area contributed by atoms with E-state index in [0.717, 1.165) is 44.3 Å². The highest BCUT2D eigenvalue weighted by Gasteiger charge is 2.23. The average molecular weight is 266 g/mol. The van der Waals surface area contributed by atoms with Gasteiger partial charge in [0.15, 0.2) is 0 Å². The first-order valence-electron chi connectivity index (χ1n) is 7.27. The SMILES string of the molecule is CCCNCc1coc(N(C)C2CCN(C)CC2)n1. The second kappa shape index (κ2) is 6.91. The smallest absolute Gasteiger partial charge is 0.297 e. The largest absolute Gasteiger partial charge is 0.432 e. The Morgan fingerprint density at radius 3 is 2.89 bits per heavy atom. The zero-order valence-corrected chi connectivity index (χ0v) is 12.4. The first-order chi connectivity index (χ1) is 9.20. The van der Waals surface area contributed by atoms with Gasteiger partial charge in [0.05, 0.1) is 5.69 Å². The fourth-order valence-electron chi connectivity index (χ4n) is 2.47. The number of aromatic nitrogens is 1. The van der Waals surface area contributed by atoms with Crippen molar-refractivity contribution < 1.29 is 4.42 Å².